The van der Waals surface area contributed by atoms with Crippen molar-refractivity contribution >= 4 is 12.0 Å². The van der Waals surface area contributed by atoms with Crippen LogP contribution in [0.3, 0.4) is 0 Å². The molecular weight excluding hydrogens is 344 g/mol. The number of aliphatic hydroxyl groups excluding tert-OH is 1. The normalized spacial score (nSPS) is 26.5. The van der Waals surface area contributed by atoms with Crippen molar-refractivity contribution < 1.29 is 19.4 Å². The fourth-order valence-electron chi connectivity index (χ4n) is 3.95. The molecule has 0 spiro atoms. The van der Waals surface area contributed by atoms with E-state index in [1.807, 2.05) is 30.3 Å². The van der Waals surface area contributed by atoms with E-state index in [1.165, 1.54) is 6.42 Å². The third kappa shape index (κ3) is 5.22. The number of ether oxygens (including phenoxy) is 1. The molecule has 6 heteroatoms. The molecule has 1 aromatic carbocycles. The van der Waals surface area contributed by atoms with Crippen LogP contribution in [0.15, 0.2) is 30.3 Å². The number of nitrogens with one attached hydrogen (secondary N) is 2. The van der Waals surface area contributed by atoms with Crippen molar-refractivity contribution in [2.24, 2.45) is 11.3 Å². The molecule has 6 nitrogen and oxygen atoms in total. The van der Waals surface area contributed by atoms with E-state index in [1.54, 1.807) is 0 Å². The van der Waals surface area contributed by atoms with Gasteiger partial charge in [-0.2, -0.15) is 0 Å². The molecule has 27 heavy (non-hydrogen) atoms. The van der Waals surface area contributed by atoms with Crippen molar-refractivity contribution in [3.8, 4) is 0 Å². The Labute approximate surface area is 160 Å². The van der Waals surface area contributed by atoms with Gasteiger partial charge in [-0.15, -0.1) is 0 Å². The number of aliphatic hydroxyl groups is 1. The molecule has 3 rings (SSSR count). The number of alkyl carbamates (subject to hydrolysis) is 1. The van der Waals surface area contributed by atoms with E-state index in [9.17, 15) is 14.7 Å². The summed E-state index contributed by atoms with van der Waals surface area (Å²) in [4.78, 5) is 24.9. The summed E-state index contributed by atoms with van der Waals surface area (Å²) in [6, 6.07) is 8.79. The van der Waals surface area contributed by atoms with E-state index < -0.39 is 24.2 Å². The van der Waals surface area contributed by atoms with Crippen LogP contribution in [0, 0.1) is 11.3 Å². The van der Waals surface area contributed by atoms with Crippen LogP contribution < -0.4 is 10.6 Å². The van der Waals surface area contributed by atoms with Crippen LogP contribution in [0.4, 0.5) is 4.79 Å². The van der Waals surface area contributed by atoms with Crippen LogP contribution >= 0.6 is 0 Å². The Hall–Kier alpha value is -2.08. The average Bonchev–Trinajstić information content (AvgIpc) is 2.65. The van der Waals surface area contributed by atoms with Gasteiger partial charge in [-0.05, 0) is 43.1 Å². The zero-order valence-electron chi connectivity index (χ0n) is 15.9. The number of hydrogen-bond acceptors (Lipinski definition) is 4. The lowest BCUT2D eigenvalue weighted by molar-refractivity contribution is -0.129. The highest BCUT2D eigenvalue weighted by Gasteiger charge is 2.39. The molecule has 0 bridgehead atoms. The molecule has 0 radical (unpaired) electrons. The minimum Gasteiger partial charge on any atom is -0.445 e. The van der Waals surface area contributed by atoms with Gasteiger partial charge < -0.3 is 20.5 Å². The lowest BCUT2D eigenvalue weighted by Crippen LogP contribution is -2.55. The first-order valence-corrected chi connectivity index (χ1v) is 9.90. The molecule has 3 N–H and O–H groups in total. The highest BCUT2D eigenvalue weighted by Crippen LogP contribution is 2.39. The Bertz CT molecular complexity index is 645. The summed E-state index contributed by atoms with van der Waals surface area (Å²) in [5, 5.41) is 16.1. The monoisotopic (exact) mass is 374 g/mol. The molecule has 2 aliphatic rings. The Kier molecular flexibility index (Phi) is 6.37. The van der Waals surface area contributed by atoms with E-state index in [2.05, 4.69) is 17.6 Å². The summed E-state index contributed by atoms with van der Waals surface area (Å²) in [5.74, 6) is -0.517. The second kappa shape index (κ2) is 8.74. The fourth-order valence-corrected chi connectivity index (χ4v) is 3.95. The van der Waals surface area contributed by atoms with Gasteiger partial charge >= 0.3 is 6.09 Å². The Morgan fingerprint density at radius 3 is 2.59 bits per heavy atom. The van der Waals surface area contributed by atoms with Gasteiger partial charge in [0, 0.05) is 6.54 Å². The molecule has 3 atom stereocenters. The van der Waals surface area contributed by atoms with E-state index >= 15 is 0 Å². The highest BCUT2D eigenvalue weighted by molar-refractivity contribution is 5.80. The summed E-state index contributed by atoms with van der Waals surface area (Å²) < 4.78 is 5.26. The number of carbonyl (C=O) groups is 2. The summed E-state index contributed by atoms with van der Waals surface area (Å²) in [6.07, 6.45) is 4.14. The third-order valence-corrected chi connectivity index (χ3v) is 5.95. The zero-order chi connectivity index (χ0) is 19.3. The topological polar surface area (TPSA) is 87.7 Å². The van der Waals surface area contributed by atoms with Crippen LogP contribution in [0.25, 0.3) is 0 Å². The van der Waals surface area contributed by atoms with Gasteiger partial charge in [0.05, 0.1) is 18.1 Å². The largest absolute Gasteiger partial charge is 0.445 e. The maximum absolute atomic E-state index is 12.7. The van der Waals surface area contributed by atoms with Crippen LogP contribution in [0.1, 0.15) is 51.0 Å². The van der Waals surface area contributed by atoms with Crippen molar-refractivity contribution in [2.45, 2.75) is 64.2 Å². The van der Waals surface area contributed by atoms with Gasteiger partial charge in [-0.25, -0.2) is 4.79 Å². The van der Waals surface area contributed by atoms with Crippen molar-refractivity contribution in [3.05, 3.63) is 35.9 Å². The van der Waals surface area contributed by atoms with E-state index in [0.29, 0.717) is 19.4 Å². The first-order valence-electron chi connectivity index (χ1n) is 9.90. The molecule has 2 fully saturated rings. The SMILES string of the molecule is CC1(CNC(=O)[C@H]2CCC[C@H](O)[C@H]2NC(=O)OCc2ccccc2)CCC1. The van der Waals surface area contributed by atoms with Gasteiger partial charge in [0.15, 0.2) is 0 Å². The molecular formula is C21H30N2O4. The van der Waals surface area contributed by atoms with Gasteiger partial charge in [0.25, 0.3) is 0 Å². The number of carbonyl (C=O) groups excluding carboxylic acids is 2. The van der Waals surface area contributed by atoms with Crippen molar-refractivity contribution in [1.82, 2.24) is 10.6 Å². The van der Waals surface area contributed by atoms with Crippen molar-refractivity contribution in [2.75, 3.05) is 6.54 Å². The highest BCUT2D eigenvalue weighted by atomic mass is 16.5. The molecule has 1 aromatic rings. The van der Waals surface area contributed by atoms with E-state index in [-0.39, 0.29) is 17.9 Å². The number of rotatable bonds is 6. The van der Waals surface area contributed by atoms with Crippen molar-refractivity contribution in [1.29, 1.82) is 0 Å². The number of amides is 2. The predicted molar refractivity (Wildman–Crippen MR) is 102 cm³/mol. The standard InChI is InChI=1S/C21H30N2O4/c1-21(11-6-12-21)14-22-19(25)16-9-5-10-17(24)18(16)23-20(26)27-13-15-7-3-2-4-8-15/h2-4,7-8,16-18,24H,5-6,9-14H2,1H3,(H,22,25)(H,23,26)/t16-,17-,18-/m0/s1. The lowest BCUT2D eigenvalue weighted by atomic mass is 9.70. The summed E-state index contributed by atoms with van der Waals surface area (Å²) in [5.41, 5.74) is 1.08. The number of hydrogen-bond donors (Lipinski definition) is 3. The molecule has 0 unspecified atom stereocenters. The summed E-state index contributed by atoms with van der Waals surface area (Å²) >= 11 is 0. The maximum atomic E-state index is 12.7. The molecule has 0 heterocycles. The molecule has 2 saturated carbocycles. The molecule has 148 valence electrons. The summed E-state index contributed by atoms with van der Waals surface area (Å²) in [6.45, 7) is 3.00. The smallest absolute Gasteiger partial charge is 0.407 e. The van der Waals surface area contributed by atoms with Crippen molar-refractivity contribution in [3.63, 3.8) is 0 Å². The van der Waals surface area contributed by atoms with Gasteiger partial charge in [0.2, 0.25) is 5.91 Å². The first-order chi connectivity index (χ1) is 13.0. The van der Waals surface area contributed by atoms with Crippen LogP contribution in [-0.4, -0.2) is 35.8 Å². The predicted octanol–water partition coefficient (Wildman–Crippen LogP) is 2.75. The van der Waals surface area contributed by atoms with Crippen LogP contribution in [-0.2, 0) is 16.1 Å². The van der Waals surface area contributed by atoms with Gasteiger partial charge in [0.1, 0.15) is 6.61 Å². The molecule has 2 amide bonds. The first kappa shape index (κ1) is 19.7. The Morgan fingerprint density at radius 2 is 1.93 bits per heavy atom. The second-order valence-electron chi connectivity index (χ2n) is 8.22. The Balaban J connectivity index is 1.53. The molecule has 0 aliphatic heterocycles. The summed E-state index contributed by atoms with van der Waals surface area (Å²) in [7, 11) is 0. The van der Waals surface area contributed by atoms with E-state index in [4.69, 9.17) is 4.74 Å². The molecule has 0 saturated heterocycles. The Morgan fingerprint density at radius 1 is 1.19 bits per heavy atom. The maximum Gasteiger partial charge on any atom is 0.407 e. The minimum absolute atomic E-state index is 0.0877. The second-order valence-corrected chi connectivity index (χ2v) is 8.22. The molecule has 0 aromatic heterocycles. The van der Waals surface area contributed by atoms with Gasteiger partial charge in [-0.3, -0.25) is 4.79 Å². The van der Waals surface area contributed by atoms with Crippen LogP contribution in [0.5, 0.6) is 0 Å². The fraction of sp³-hybridized carbons (Fsp3) is 0.619. The minimum atomic E-state index is -0.738. The third-order valence-electron chi connectivity index (χ3n) is 5.95. The lowest BCUT2D eigenvalue weighted by Gasteiger charge is -2.40. The van der Waals surface area contributed by atoms with Gasteiger partial charge in [-0.1, -0.05) is 43.7 Å². The number of benzene rings is 1. The van der Waals surface area contributed by atoms with Crippen LogP contribution in [0.2, 0.25) is 0 Å². The van der Waals surface area contributed by atoms with E-state index in [0.717, 1.165) is 24.8 Å². The quantitative estimate of drug-likeness (QED) is 0.714. The zero-order valence-corrected chi connectivity index (χ0v) is 15.9. The average molecular weight is 374 g/mol. The molecule has 2 aliphatic carbocycles.